The molecule has 3 atom stereocenters. The molecule has 0 N–H and O–H groups in total. The molecule has 3 rings (SSSR count). The van der Waals surface area contributed by atoms with Crippen molar-refractivity contribution in [2.75, 3.05) is 6.61 Å². The van der Waals surface area contributed by atoms with Crippen LogP contribution in [0.3, 0.4) is 0 Å². The summed E-state index contributed by atoms with van der Waals surface area (Å²) in [5.74, 6) is 0.252. The van der Waals surface area contributed by atoms with E-state index in [2.05, 4.69) is 67.6 Å². The van der Waals surface area contributed by atoms with E-state index in [1.54, 1.807) is 0 Å². The summed E-state index contributed by atoms with van der Waals surface area (Å²) in [4.78, 5) is 0. The molecule has 2 heteroatoms. The Kier molecular flexibility index (Phi) is 3.96. The van der Waals surface area contributed by atoms with Gasteiger partial charge in [-0.15, -0.1) is 0 Å². The quantitative estimate of drug-likeness (QED) is 0.739. The highest BCUT2D eigenvalue weighted by Crippen LogP contribution is 2.57. The summed E-state index contributed by atoms with van der Waals surface area (Å²) in [6.07, 6.45) is 1.17. The lowest BCUT2D eigenvalue weighted by Gasteiger charge is -2.37. The summed E-state index contributed by atoms with van der Waals surface area (Å²) >= 11 is 0. The van der Waals surface area contributed by atoms with Gasteiger partial charge in [-0.05, 0) is 30.9 Å². The maximum atomic E-state index is 6.13. The Hall–Kier alpha value is -1.17. The molecule has 0 saturated carbocycles. The maximum Gasteiger partial charge on any atom is 0.106 e. The Labute approximate surface area is 116 Å². The summed E-state index contributed by atoms with van der Waals surface area (Å²) in [7, 11) is -0.290. The van der Waals surface area contributed by atoms with Gasteiger partial charge in [-0.1, -0.05) is 67.6 Å². The molecule has 19 heavy (non-hydrogen) atoms. The lowest BCUT2D eigenvalue weighted by atomic mass is 10.2. The second kappa shape index (κ2) is 5.86. The van der Waals surface area contributed by atoms with Gasteiger partial charge >= 0.3 is 0 Å². The molecule has 0 amide bonds. The molecule has 2 aromatic rings. The van der Waals surface area contributed by atoms with Crippen molar-refractivity contribution < 1.29 is 4.74 Å². The minimum Gasteiger partial charge on any atom is -0.369 e. The third-order valence-electron chi connectivity index (χ3n) is 3.68. The summed E-state index contributed by atoms with van der Waals surface area (Å²) in [6.45, 7) is 3.25. The minimum atomic E-state index is -0.290. The lowest BCUT2D eigenvalue weighted by molar-refractivity contribution is 0.0956. The van der Waals surface area contributed by atoms with Crippen molar-refractivity contribution in [1.82, 2.24) is 0 Å². The van der Waals surface area contributed by atoms with Gasteiger partial charge in [0.05, 0.1) is 0 Å². The molecule has 2 aromatic carbocycles. The topological polar surface area (TPSA) is 9.23 Å². The Morgan fingerprint density at radius 1 is 0.947 bits per heavy atom. The first-order valence-electron chi connectivity index (χ1n) is 6.86. The van der Waals surface area contributed by atoms with E-state index in [4.69, 9.17) is 4.74 Å². The minimum absolute atomic E-state index is 0.252. The normalized spacial score (nSPS) is 27.1. The zero-order chi connectivity index (χ0) is 13.1. The zero-order valence-electron chi connectivity index (χ0n) is 11.2. The van der Waals surface area contributed by atoms with Crippen LogP contribution in [0.2, 0.25) is 0 Å². The van der Waals surface area contributed by atoms with Crippen molar-refractivity contribution in [2.24, 2.45) is 0 Å². The molecule has 1 aliphatic rings. The summed E-state index contributed by atoms with van der Waals surface area (Å²) in [6, 6.07) is 21.6. The Bertz CT molecular complexity index is 511. The molecule has 1 heterocycles. The molecule has 0 unspecified atom stereocenters. The predicted molar refractivity (Wildman–Crippen MR) is 82.2 cm³/mol. The Balaban J connectivity index is 1.97. The third-order valence-corrected chi connectivity index (χ3v) is 6.73. The van der Waals surface area contributed by atoms with E-state index in [0.29, 0.717) is 0 Å². The molecule has 0 aromatic heterocycles. The molecule has 0 radical (unpaired) electrons. The maximum absolute atomic E-state index is 6.13. The second-order valence-electron chi connectivity index (χ2n) is 5.01. The first kappa shape index (κ1) is 12.8. The molecule has 1 fully saturated rings. The van der Waals surface area contributed by atoms with Crippen LogP contribution in [0.25, 0.3) is 0 Å². The molecule has 0 spiro atoms. The average Bonchev–Trinajstić information content (AvgIpc) is 2.49. The molecule has 0 aliphatic carbocycles. The van der Waals surface area contributed by atoms with Crippen molar-refractivity contribution in [2.45, 2.75) is 24.8 Å². The van der Waals surface area contributed by atoms with Gasteiger partial charge in [0.1, 0.15) is 5.85 Å². The molecular formula is C17H19OP. The Morgan fingerprint density at radius 2 is 1.58 bits per heavy atom. The van der Waals surface area contributed by atoms with Crippen LogP contribution < -0.4 is 5.30 Å². The van der Waals surface area contributed by atoms with E-state index < -0.39 is 0 Å². The van der Waals surface area contributed by atoms with Crippen LogP contribution >= 0.6 is 7.92 Å². The first-order chi connectivity index (χ1) is 9.36. The first-order valence-corrected chi connectivity index (χ1v) is 8.34. The highest BCUT2D eigenvalue weighted by Gasteiger charge is 2.33. The second-order valence-corrected chi connectivity index (χ2v) is 7.70. The predicted octanol–water partition coefficient (Wildman–Crippen LogP) is 4.30. The fourth-order valence-corrected chi connectivity index (χ4v) is 5.57. The van der Waals surface area contributed by atoms with Gasteiger partial charge in [0, 0.05) is 6.61 Å². The molecular weight excluding hydrogens is 251 g/mol. The van der Waals surface area contributed by atoms with E-state index in [1.807, 2.05) is 0 Å². The van der Waals surface area contributed by atoms with Gasteiger partial charge in [0.15, 0.2) is 0 Å². The molecule has 1 aliphatic heterocycles. The number of hydrogen-bond acceptors (Lipinski definition) is 1. The summed E-state index contributed by atoms with van der Waals surface area (Å²) in [5.41, 5.74) is 2.04. The largest absolute Gasteiger partial charge is 0.369 e. The van der Waals surface area contributed by atoms with Crippen LogP contribution in [0, 0.1) is 0 Å². The van der Waals surface area contributed by atoms with Crippen molar-refractivity contribution in [3.05, 3.63) is 66.2 Å². The molecule has 98 valence electrons. The van der Waals surface area contributed by atoms with E-state index in [1.165, 1.54) is 17.3 Å². The van der Waals surface area contributed by atoms with Crippen molar-refractivity contribution in [1.29, 1.82) is 0 Å². The number of rotatable bonds is 2. The van der Waals surface area contributed by atoms with Gasteiger partial charge in [-0.3, -0.25) is 0 Å². The SMILES string of the molecule is C[C@@H]1CCO[C@H](c2ccccc2)[P@@]1c1ccccc1. The molecule has 0 bridgehead atoms. The van der Waals surface area contributed by atoms with E-state index >= 15 is 0 Å². The monoisotopic (exact) mass is 270 g/mol. The smallest absolute Gasteiger partial charge is 0.106 e. The fourth-order valence-electron chi connectivity index (χ4n) is 2.67. The third kappa shape index (κ3) is 2.73. The van der Waals surface area contributed by atoms with Crippen molar-refractivity contribution >= 4 is 13.2 Å². The van der Waals surface area contributed by atoms with Crippen molar-refractivity contribution in [3.63, 3.8) is 0 Å². The van der Waals surface area contributed by atoms with E-state index in [-0.39, 0.29) is 13.8 Å². The number of ether oxygens (including phenoxy) is 1. The van der Waals surface area contributed by atoms with Gasteiger partial charge in [-0.2, -0.15) is 0 Å². The fraction of sp³-hybridized carbons (Fsp3) is 0.294. The standard InChI is InChI=1S/C17H19OP/c1-14-12-13-18-17(15-8-4-2-5-9-15)19(14)16-10-6-3-7-11-16/h2-11,14,17H,12-13H2,1H3/t14-,17+,19-/m1/s1. The molecule has 1 saturated heterocycles. The van der Waals surface area contributed by atoms with Gasteiger partial charge in [0.25, 0.3) is 0 Å². The van der Waals surface area contributed by atoms with E-state index in [0.717, 1.165) is 12.3 Å². The van der Waals surface area contributed by atoms with E-state index in [9.17, 15) is 0 Å². The number of hydrogen-bond donors (Lipinski definition) is 0. The highest BCUT2D eigenvalue weighted by molar-refractivity contribution is 7.66. The van der Waals surface area contributed by atoms with Gasteiger partial charge in [-0.25, -0.2) is 0 Å². The van der Waals surface area contributed by atoms with Crippen LogP contribution in [0.15, 0.2) is 60.7 Å². The Morgan fingerprint density at radius 3 is 2.26 bits per heavy atom. The van der Waals surface area contributed by atoms with Gasteiger partial charge in [0.2, 0.25) is 0 Å². The summed E-state index contributed by atoms with van der Waals surface area (Å²) < 4.78 is 6.13. The van der Waals surface area contributed by atoms with Crippen LogP contribution in [0.5, 0.6) is 0 Å². The lowest BCUT2D eigenvalue weighted by Crippen LogP contribution is -2.24. The number of benzene rings is 2. The van der Waals surface area contributed by atoms with Crippen LogP contribution in [-0.2, 0) is 4.74 Å². The summed E-state index contributed by atoms with van der Waals surface area (Å²) in [5, 5.41) is 1.46. The van der Waals surface area contributed by atoms with Crippen LogP contribution in [0.1, 0.15) is 24.8 Å². The van der Waals surface area contributed by atoms with Crippen molar-refractivity contribution in [3.8, 4) is 0 Å². The average molecular weight is 270 g/mol. The van der Waals surface area contributed by atoms with Crippen LogP contribution in [0.4, 0.5) is 0 Å². The van der Waals surface area contributed by atoms with Gasteiger partial charge < -0.3 is 4.74 Å². The molecule has 1 nitrogen and oxygen atoms in total. The zero-order valence-corrected chi connectivity index (χ0v) is 12.1. The highest BCUT2D eigenvalue weighted by atomic mass is 31.1. The van der Waals surface area contributed by atoms with Crippen LogP contribution in [-0.4, -0.2) is 12.3 Å².